The molecule has 5 N–H and O–H groups in total. The zero-order chi connectivity index (χ0) is 10.1. The maximum absolute atomic E-state index is 9.57. The minimum atomic E-state index is 0.157. The van der Waals surface area contributed by atoms with E-state index in [-0.39, 0.29) is 5.75 Å². The Morgan fingerprint density at radius 3 is 2.71 bits per heavy atom. The summed E-state index contributed by atoms with van der Waals surface area (Å²) in [5.74, 6) is 0.157. The van der Waals surface area contributed by atoms with Crippen LogP contribution in [0.5, 0.6) is 5.75 Å². The highest BCUT2D eigenvalue weighted by molar-refractivity contribution is 7.13. The Hall–Kier alpha value is -1.75. The molecule has 0 aliphatic heterocycles. The molecule has 0 amide bonds. The number of phenols is 1. The lowest BCUT2D eigenvalue weighted by atomic mass is 10.1. The summed E-state index contributed by atoms with van der Waals surface area (Å²) in [5.41, 5.74) is 13.0. The van der Waals surface area contributed by atoms with E-state index in [4.69, 9.17) is 11.5 Å². The number of hydrogen-bond acceptors (Lipinski definition) is 5. The number of nitrogens with zero attached hydrogens (tertiary/aromatic N) is 1. The van der Waals surface area contributed by atoms with E-state index in [1.165, 1.54) is 11.3 Å². The predicted molar refractivity (Wildman–Crippen MR) is 58.0 cm³/mol. The second-order valence-electron chi connectivity index (χ2n) is 2.85. The fraction of sp³-hybridized carbons (Fsp3) is 0. The fourth-order valence-electron chi connectivity index (χ4n) is 1.17. The molecule has 0 spiro atoms. The first kappa shape index (κ1) is 8.83. The number of anilines is 2. The highest BCUT2D eigenvalue weighted by atomic mass is 32.1. The third kappa shape index (κ3) is 1.49. The minimum absolute atomic E-state index is 0.157. The fourth-order valence-corrected chi connectivity index (χ4v) is 1.73. The molecule has 0 unspecified atom stereocenters. The molecule has 1 aromatic heterocycles. The number of hydrogen-bond donors (Lipinski definition) is 3. The lowest BCUT2D eigenvalue weighted by Crippen LogP contribution is -1.87. The highest BCUT2D eigenvalue weighted by Crippen LogP contribution is 2.31. The molecule has 2 aromatic rings. The van der Waals surface area contributed by atoms with Crippen LogP contribution in [0, 0.1) is 0 Å². The lowest BCUT2D eigenvalue weighted by Gasteiger charge is -2.01. The molecule has 0 saturated carbocycles. The van der Waals surface area contributed by atoms with Crippen molar-refractivity contribution < 1.29 is 5.11 Å². The number of rotatable bonds is 1. The molecule has 1 heterocycles. The molecule has 1 aromatic carbocycles. The van der Waals surface area contributed by atoms with E-state index >= 15 is 0 Å². The van der Waals surface area contributed by atoms with Crippen LogP contribution in [-0.4, -0.2) is 10.1 Å². The van der Waals surface area contributed by atoms with Crippen LogP contribution in [-0.2, 0) is 0 Å². The average Bonchev–Trinajstić information content (AvgIpc) is 2.56. The quantitative estimate of drug-likeness (QED) is 0.490. The van der Waals surface area contributed by atoms with Crippen LogP contribution in [0.3, 0.4) is 0 Å². The van der Waals surface area contributed by atoms with E-state index < -0.39 is 0 Å². The second-order valence-corrected chi connectivity index (χ2v) is 3.74. The Bertz CT molecular complexity index is 467. The number of phenolic OH excluding ortho intramolecular Hbond substituents is 1. The summed E-state index contributed by atoms with van der Waals surface area (Å²) in [5, 5.41) is 11.8. The van der Waals surface area contributed by atoms with Crippen LogP contribution in [0.15, 0.2) is 23.6 Å². The van der Waals surface area contributed by atoms with E-state index in [9.17, 15) is 5.11 Å². The van der Waals surface area contributed by atoms with E-state index in [2.05, 4.69) is 4.98 Å². The van der Waals surface area contributed by atoms with Gasteiger partial charge in [-0.15, -0.1) is 11.3 Å². The van der Waals surface area contributed by atoms with E-state index in [0.29, 0.717) is 22.1 Å². The number of aromatic nitrogens is 1. The Balaban J connectivity index is 2.55. The number of nitrogens with two attached hydrogens (primary N) is 2. The summed E-state index contributed by atoms with van der Waals surface area (Å²) < 4.78 is 0. The molecule has 0 aliphatic carbocycles. The van der Waals surface area contributed by atoms with Gasteiger partial charge in [-0.25, -0.2) is 4.98 Å². The van der Waals surface area contributed by atoms with Gasteiger partial charge >= 0.3 is 0 Å². The van der Waals surface area contributed by atoms with Gasteiger partial charge in [0.05, 0.1) is 5.69 Å². The van der Waals surface area contributed by atoms with Gasteiger partial charge in [0.2, 0.25) is 0 Å². The molecule has 0 atom stereocenters. The first-order valence-corrected chi connectivity index (χ1v) is 4.84. The molecule has 0 radical (unpaired) electrons. The third-order valence-electron chi connectivity index (χ3n) is 1.82. The molecular formula is C9H9N3OS. The Kier molecular flexibility index (Phi) is 2.01. The lowest BCUT2D eigenvalue weighted by molar-refractivity contribution is 0.477. The van der Waals surface area contributed by atoms with Crippen LogP contribution in [0.4, 0.5) is 10.8 Å². The van der Waals surface area contributed by atoms with E-state index in [0.717, 1.165) is 0 Å². The SMILES string of the molecule is Nc1ccc(O)c(-c2csc(N)n2)c1. The van der Waals surface area contributed by atoms with Crippen molar-refractivity contribution in [2.24, 2.45) is 0 Å². The van der Waals surface area contributed by atoms with E-state index in [1.54, 1.807) is 23.6 Å². The summed E-state index contributed by atoms with van der Waals surface area (Å²) in [4.78, 5) is 4.06. The second kappa shape index (κ2) is 3.19. The number of benzene rings is 1. The van der Waals surface area contributed by atoms with Crippen molar-refractivity contribution in [3.63, 3.8) is 0 Å². The topological polar surface area (TPSA) is 85.2 Å². The predicted octanol–water partition coefficient (Wildman–Crippen LogP) is 1.68. The molecule has 5 heteroatoms. The summed E-state index contributed by atoms with van der Waals surface area (Å²) >= 11 is 1.33. The summed E-state index contributed by atoms with van der Waals surface area (Å²) in [7, 11) is 0. The Morgan fingerprint density at radius 1 is 1.29 bits per heavy atom. The van der Waals surface area contributed by atoms with Gasteiger partial charge in [0.25, 0.3) is 0 Å². The standard InChI is InChI=1S/C9H9N3OS/c10-5-1-2-8(13)6(3-5)7-4-14-9(11)12-7/h1-4,13H,10H2,(H2,11,12). The molecule has 72 valence electrons. The normalized spacial score (nSPS) is 10.3. The highest BCUT2D eigenvalue weighted by Gasteiger charge is 2.07. The Labute approximate surface area is 84.8 Å². The van der Waals surface area contributed by atoms with Gasteiger partial charge in [-0.1, -0.05) is 0 Å². The zero-order valence-corrected chi connectivity index (χ0v) is 8.08. The largest absolute Gasteiger partial charge is 0.507 e. The molecule has 2 rings (SSSR count). The first-order chi connectivity index (χ1) is 6.66. The minimum Gasteiger partial charge on any atom is -0.507 e. The maximum atomic E-state index is 9.57. The molecule has 14 heavy (non-hydrogen) atoms. The van der Waals surface area contributed by atoms with Crippen molar-refractivity contribution >= 4 is 22.2 Å². The van der Waals surface area contributed by atoms with Crippen LogP contribution >= 0.6 is 11.3 Å². The van der Waals surface area contributed by atoms with Crippen molar-refractivity contribution in [1.82, 2.24) is 4.98 Å². The molecular weight excluding hydrogens is 198 g/mol. The van der Waals surface area contributed by atoms with Gasteiger partial charge in [-0.3, -0.25) is 0 Å². The van der Waals surface area contributed by atoms with E-state index in [1.807, 2.05) is 0 Å². The van der Waals surface area contributed by atoms with Gasteiger partial charge in [-0.05, 0) is 18.2 Å². The van der Waals surface area contributed by atoms with Gasteiger partial charge < -0.3 is 16.6 Å². The van der Waals surface area contributed by atoms with Crippen LogP contribution in [0.25, 0.3) is 11.3 Å². The van der Waals surface area contributed by atoms with Gasteiger partial charge in [0.15, 0.2) is 5.13 Å². The molecule has 0 fully saturated rings. The number of nitrogen functional groups attached to an aromatic ring is 2. The monoisotopic (exact) mass is 207 g/mol. The zero-order valence-electron chi connectivity index (χ0n) is 7.27. The van der Waals surface area contributed by atoms with Crippen LogP contribution < -0.4 is 11.5 Å². The summed E-state index contributed by atoms with van der Waals surface area (Å²) in [6.07, 6.45) is 0. The number of thiazole rings is 1. The molecule has 4 nitrogen and oxygen atoms in total. The summed E-state index contributed by atoms with van der Waals surface area (Å²) in [6.45, 7) is 0. The van der Waals surface area contributed by atoms with Crippen molar-refractivity contribution in [3.05, 3.63) is 23.6 Å². The maximum Gasteiger partial charge on any atom is 0.180 e. The van der Waals surface area contributed by atoms with Crippen molar-refractivity contribution in [3.8, 4) is 17.0 Å². The smallest absolute Gasteiger partial charge is 0.180 e. The number of aromatic hydroxyl groups is 1. The van der Waals surface area contributed by atoms with Crippen molar-refractivity contribution in [2.45, 2.75) is 0 Å². The molecule has 0 aliphatic rings. The van der Waals surface area contributed by atoms with Crippen LogP contribution in [0.2, 0.25) is 0 Å². The average molecular weight is 207 g/mol. The summed E-state index contributed by atoms with van der Waals surface area (Å²) in [6, 6.07) is 4.85. The third-order valence-corrected chi connectivity index (χ3v) is 2.49. The van der Waals surface area contributed by atoms with Gasteiger partial charge in [0, 0.05) is 16.6 Å². The van der Waals surface area contributed by atoms with Crippen molar-refractivity contribution in [1.29, 1.82) is 0 Å². The Morgan fingerprint density at radius 2 is 2.07 bits per heavy atom. The van der Waals surface area contributed by atoms with Crippen molar-refractivity contribution in [2.75, 3.05) is 11.5 Å². The van der Waals surface area contributed by atoms with Gasteiger partial charge in [-0.2, -0.15) is 0 Å². The first-order valence-electron chi connectivity index (χ1n) is 3.96. The van der Waals surface area contributed by atoms with Gasteiger partial charge in [0.1, 0.15) is 5.75 Å². The van der Waals surface area contributed by atoms with Crippen LogP contribution in [0.1, 0.15) is 0 Å². The molecule has 0 saturated heterocycles. The molecule has 0 bridgehead atoms.